The van der Waals surface area contributed by atoms with Gasteiger partial charge in [0, 0.05) is 26.6 Å². The van der Waals surface area contributed by atoms with Gasteiger partial charge < -0.3 is 9.80 Å². The summed E-state index contributed by atoms with van der Waals surface area (Å²) in [6.07, 6.45) is 1.20. The summed E-state index contributed by atoms with van der Waals surface area (Å²) >= 11 is 0. The first kappa shape index (κ1) is 14.6. The molecular weight excluding hydrogens is 252 g/mol. The van der Waals surface area contributed by atoms with Gasteiger partial charge in [-0.2, -0.15) is 0 Å². The van der Waals surface area contributed by atoms with Gasteiger partial charge in [0.25, 0.3) is 0 Å². The van der Waals surface area contributed by atoms with E-state index in [2.05, 4.69) is 19.1 Å². The van der Waals surface area contributed by atoms with Gasteiger partial charge in [-0.05, 0) is 31.4 Å². The van der Waals surface area contributed by atoms with Crippen molar-refractivity contribution in [3.63, 3.8) is 0 Å². The van der Waals surface area contributed by atoms with Gasteiger partial charge in [0.05, 0.1) is 0 Å². The van der Waals surface area contributed by atoms with Crippen molar-refractivity contribution in [3.05, 3.63) is 35.4 Å². The summed E-state index contributed by atoms with van der Waals surface area (Å²) in [7, 11) is 1.79. The van der Waals surface area contributed by atoms with E-state index in [0.717, 1.165) is 6.42 Å². The Labute approximate surface area is 120 Å². The van der Waals surface area contributed by atoms with E-state index >= 15 is 0 Å². The molecule has 1 aromatic rings. The van der Waals surface area contributed by atoms with Crippen molar-refractivity contribution in [2.45, 2.75) is 32.7 Å². The quantitative estimate of drug-likeness (QED) is 0.840. The molecule has 0 radical (unpaired) electrons. The van der Waals surface area contributed by atoms with Crippen LogP contribution < -0.4 is 0 Å². The molecule has 1 aliphatic heterocycles. The van der Waals surface area contributed by atoms with Gasteiger partial charge in [-0.15, -0.1) is 0 Å². The number of carbonyl (C=O) groups is 2. The lowest BCUT2D eigenvalue weighted by atomic mass is 10.0. The Hall–Kier alpha value is -1.84. The number of carbonyl (C=O) groups excluding carboxylic acids is 2. The molecule has 0 N–H and O–H groups in total. The fourth-order valence-corrected chi connectivity index (χ4v) is 2.63. The van der Waals surface area contributed by atoms with Gasteiger partial charge in [-0.1, -0.05) is 24.3 Å². The standard InChI is InChI=1S/C16H22N2O2/c1-12-6-4-5-7-14(12)8-9-15(19)18-11-10-17(3)16(20)13(18)2/h4-7,13H,8-11H2,1-3H3. The Balaban J connectivity index is 1.95. The van der Waals surface area contributed by atoms with Crippen LogP contribution in [0.5, 0.6) is 0 Å². The second kappa shape index (κ2) is 6.07. The highest BCUT2D eigenvalue weighted by molar-refractivity contribution is 5.88. The highest BCUT2D eigenvalue weighted by atomic mass is 16.2. The minimum absolute atomic E-state index is 0.0282. The molecule has 2 rings (SSSR count). The number of nitrogens with zero attached hydrogens (tertiary/aromatic N) is 2. The van der Waals surface area contributed by atoms with Crippen LogP contribution in [-0.2, 0) is 16.0 Å². The first-order valence-corrected chi connectivity index (χ1v) is 7.09. The van der Waals surface area contributed by atoms with Crippen LogP contribution in [-0.4, -0.2) is 47.8 Å². The van der Waals surface area contributed by atoms with Gasteiger partial charge in [-0.3, -0.25) is 9.59 Å². The fourth-order valence-electron chi connectivity index (χ4n) is 2.63. The molecule has 2 amide bonds. The molecule has 1 fully saturated rings. The number of likely N-dealkylation sites (N-methyl/N-ethyl adjacent to an activating group) is 1. The minimum atomic E-state index is -0.335. The van der Waals surface area contributed by atoms with Crippen LogP contribution in [0, 0.1) is 6.92 Å². The van der Waals surface area contributed by atoms with Crippen molar-refractivity contribution in [1.29, 1.82) is 0 Å². The number of piperazine rings is 1. The summed E-state index contributed by atoms with van der Waals surface area (Å²) in [5, 5.41) is 0. The molecule has 1 unspecified atom stereocenters. The summed E-state index contributed by atoms with van der Waals surface area (Å²) in [5.41, 5.74) is 2.41. The normalized spacial score (nSPS) is 19.4. The van der Waals surface area contributed by atoms with E-state index in [1.165, 1.54) is 11.1 Å². The van der Waals surface area contributed by atoms with Crippen LogP contribution in [0.25, 0.3) is 0 Å². The molecule has 0 aromatic heterocycles. The zero-order chi connectivity index (χ0) is 14.7. The number of aryl methyl sites for hydroxylation is 2. The molecule has 4 heteroatoms. The van der Waals surface area contributed by atoms with E-state index in [-0.39, 0.29) is 17.9 Å². The average molecular weight is 274 g/mol. The average Bonchev–Trinajstić information content (AvgIpc) is 2.44. The molecule has 0 aliphatic carbocycles. The van der Waals surface area contributed by atoms with Gasteiger partial charge in [-0.25, -0.2) is 0 Å². The molecule has 1 aliphatic rings. The molecule has 0 saturated carbocycles. The van der Waals surface area contributed by atoms with E-state index in [1.807, 2.05) is 19.1 Å². The number of amides is 2. The van der Waals surface area contributed by atoms with E-state index in [0.29, 0.717) is 19.5 Å². The third-order valence-corrected chi connectivity index (χ3v) is 4.07. The molecule has 0 spiro atoms. The van der Waals surface area contributed by atoms with Crippen LogP contribution in [0.4, 0.5) is 0 Å². The van der Waals surface area contributed by atoms with E-state index in [4.69, 9.17) is 0 Å². The van der Waals surface area contributed by atoms with E-state index < -0.39 is 0 Å². The van der Waals surface area contributed by atoms with Crippen LogP contribution in [0.15, 0.2) is 24.3 Å². The van der Waals surface area contributed by atoms with Gasteiger partial charge >= 0.3 is 0 Å². The fraction of sp³-hybridized carbons (Fsp3) is 0.500. The monoisotopic (exact) mass is 274 g/mol. The SMILES string of the molecule is Cc1ccccc1CCC(=O)N1CCN(C)C(=O)C1C. The minimum Gasteiger partial charge on any atom is -0.342 e. The lowest BCUT2D eigenvalue weighted by Gasteiger charge is -2.37. The first-order valence-electron chi connectivity index (χ1n) is 7.09. The third kappa shape index (κ3) is 3.00. The summed E-state index contributed by atoms with van der Waals surface area (Å²) in [4.78, 5) is 27.6. The summed E-state index contributed by atoms with van der Waals surface area (Å²) in [6, 6.07) is 7.78. The van der Waals surface area contributed by atoms with Gasteiger partial charge in [0.2, 0.25) is 11.8 Å². The summed E-state index contributed by atoms with van der Waals surface area (Å²) in [5.74, 6) is 0.0997. The predicted molar refractivity (Wildman–Crippen MR) is 78.3 cm³/mol. The zero-order valence-electron chi connectivity index (χ0n) is 12.4. The molecule has 4 nitrogen and oxygen atoms in total. The number of rotatable bonds is 3. The summed E-state index contributed by atoms with van der Waals surface area (Å²) < 4.78 is 0. The molecule has 1 heterocycles. The topological polar surface area (TPSA) is 40.6 Å². The molecule has 1 atom stereocenters. The lowest BCUT2D eigenvalue weighted by Crippen LogP contribution is -2.56. The van der Waals surface area contributed by atoms with Crippen LogP contribution in [0.1, 0.15) is 24.5 Å². The van der Waals surface area contributed by atoms with Crippen molar-refractivity contribution < 1.29 is 9.59 Å². The van der Waals surface area contributed by atoms with Gasteiger partial charge in [0.15, 0.2) is 0 Å². The highest BCUT2D eigenvalue weighted by Gasteiger charge is 2.31. The molecule has 20 heavy (non-hydrogen) atoms. The van der Waals surface area contributed by atoms with Crippen LogP contribution in [0.3, 0.4) is 0 Å². The van der Waals surface area contributed by atoms with Crippen molar-refractivity contribution >= 4 is 11.8 Å². The van der Waals surface area contributed by atoms with Crippen LogP contribution >= 0.6 is 0 Å². The maximum absolute atomic E-state index is 12.3. The number of benzene rings is 1. The molecule has 1 saturated heterocycles. The first-order chi connectivity index (χ1) is 9.50. The summed E-state index contributed by atoms with van der Waals surface area (Å²) in [6.45, 7) is 5.13. The third-order valence-electron chi connectivity index (χ3n) is 4.07. The molecular formula is C16H22N2O2. The Morgan fingerprint density at radius 2 is 2.00 bits per heavy atom. The number of hydrogen-bond donors (Lipinski definition) is 0. The number of hydrogen-bond acceptors (Lipinski definition) is 2. The van der Waals surface area contributed by atoms with Crippen molar-refractivity contribution in [3.8, 4) is 0 Å². The molecule has 0 bridgehead atoms. The second-order valence-electron chi connectivity index (χ2n) is 5.45. The van der Waals surface area contributed by atoms with Crippen molar-refractivity contribution in [1.82, 2.24) is 9.80 Å². The smallest absolute Gasteiger partial charge is 0.244 e. The Morgan fingerprint density at radius 3 is 2.70 bits per heavy atom. The maximum atomic E-state index is 12.3. The zero-order valence-corrected chi connectivity index (χ0v) is 12.4. The molecule has 1 aromatic carbocycles. The van der Waals surface area contributed by atoms with Crippen molar-refractivity contribution in [2.75, 3.05) is 20.1 Å². The van der Waals surface area contributed by atoms with Gasteiger partial charge in [0.1, 0.15) is 6.04 Å². The maximum Gasteiger partial charge on any atom is 0.244 e. The Morgan fingerprint density at radius 1 is 1.30 bits per heavy atom. The van der Waals surface area contributed by atoms with Crippen molar-refractivity contribution in [2.24, 2.45) is 0 Å². The largest absolute Gasteiger partial charge is 0.342 e. The Kier molecular flexibility index (Phi) is 4.42. The van der Waals surface area contributed by atoms with E-state index in [1.54, 1.807) is 16.8 Å². The predicted octanol–water partition coefficient (Wildman–Crippen LogP) is 1.62. The lowest BCUT2D eigenvalue weighted by molar-refractivity contribution is -0.149. The van der Waals surface area contributed by atoms with Crippen LogP contribution in [0.2, 0.25) is 0 Å². The van der Waals surface area contributed by atoms with E-state index in [9.17, 15) is 9.59 Å². The highest BCUT2D eigenvalue weighted by Crippen LogP contribution is 2.14. The second-order valence-corrected chi connectivity index (χ2v) is 5.45. The Bertz CT molecular complexity index is 513. The molecule has 108 valence electrons.